The van der Waals surface area contributed by atoms with Gasteiger partial charge in [-0.05, 0) is 82.1 Å². The number of benzene rings is 1. The van der Waals surface area contributed by atoms with Gasteiger partial charge >= 0.3 is 5.97 Å². The molecule has 0 spiro atoms. The zero-order valence-corrected chi connectivity index (χ0v) is 19.1. The Balaban J connectivity index is 1.85. The number of carbonyl (C=O) groups excluding carboxylic acids is 1. The van der Waals surface area contributed by atoms with Crippen molar-refractivity contribution in [2.45, 2.75) is 46.0 Å². The standard InChI is InChI=1S/C26H28N4O3/c1-17-20(8-11-24(32)33)14-22-26(28-17)25(23(31)16-29-12-4-3-5-13-29)18(2)30(22)21-9-6-19(15-27)7-10-21/h6-7,9-10,14H,3-5,8,11-13,16H2,1-2H3,(H,32,33). The average molecular weight is 445 g/mol. The molecular weight excluding hydrogens is 416 g/mol. The highest BCUT2D eigenvalue weighted by Crippen LogP contribution is 2.31. The summed E-state index contributed by atoms with van der Waals surface area (Å²) in [6, 6.07) is 11.3. The van der Waals surface area contributed by atoms with Gasteiger partial charge in [-0.1, -0.05) is 6.42 Å². The van der Waals surface area contributed by atoms with Crippen molar-refractivity contribution < 1.29 is 14.7 Å². The van der Waals surface area contributed by atoms with Gasteiger partial charge < -0.3 is 9.67 Å². The van der Waals surface area contributed by atoms with Crippen LogP contribution in [-0.4, -0.2) is 50.9 Å². The second-order valence-electron chi connectivity index (χ2n) is 8.71. The number of pyridine rings is 1. The number of aryl methyl sites for hydroxylation is 2. The third kappa shape index (κ3) is 4.67. The maximum atomic E-state index is 13.5. The number of fused-ring (bicyclic) bond motifs is 1. The number of hydrogen-bond donors (Lipinski definition) is 1. The molecule has 0 saturated carbocycles. The number of likely N-dealkylation sites (tertiary alicyclic amines) is 1. The molecule has 1 aliphatic heterocycles. The molecule has 3 heterocycles. The molecule has 1 aliphatic rings. The number of aliphatic carboxylic acids is 1. The smallest absolute Gasteiger partial charge is 0.303 e. The molecule has 170 valence electrons. The SMILES string of the molecule is Cc1nc2c(C(=O)CN3CCCCC3)c(C)n(-c3ccc(C#N)cc3)c2cc1CCC(=O)O. The molecule has 4 rings (SSSR count). The van der Waals surface area contributed by atoms with Crippen molar-refractivity contribution in [3.8, 4) is 11.8 Å². The topological polar surface area (TPSA) is 99.2 Å². The number of carboxylic acid groups (broad SMARTS) is 1. The quantitative estimate of drug-likeness (QED) is 0.548. The number of ketones is 1. The number of rotatable bonds is 7. The highest BCUT2D eigenvalue weighted by atomic mass is 16.4. The molecule has 1 N–H and O–H groups in total. The van der Waals surface area contributed by atoms with E-state index in [0.29, 0.717) is 29.6 Å². The van der Waals surface area contributed by atoms with E-state index in [1.807, 2.05) is 36.6 Å². The maximum absolute atomic E-state index is 13.5. The molecule has 7 nitrogen and oxygen atoms in total. The molecule has 0 aliphatic carbocycles. The number of piperidine rings is 1. The third-order valence-corrected chi connectivity index (χ3v) is 6.43. The van der Waals surface area contributed by atoms with Crippen molar-refractivity contribution in [2.75, 3.05) is 19.6 Å². The molecule has 33 heavy (non-hydrogen) atoms. The lowest BCUT2D eigenvalue weighted by Crippen LogP contribution is -2.34. The van der Waals surface area contributed by atoms with Crippen molar-refractivity contribution in [3.63, 3.8) is 0 Å². The first-order valence-corrected chi connectivity index (χ1v) is 11.4. The van der Waals surface area contributed by atoms with Gasteiger partial charge in [0, 0.05) is 23.5 Å². The van der Waals surface area contributed by atoms with Crippen LogP contribution in [0.3, 0.4) is 0 Å². The summed E-state index contributed by atoms with van der Waals surface area (Å²) >= 11 is 0. The van der Waals surface area contributed by atoms with E-state index >= 15 is 0 Å². The van der Waals surface area contributed by atoms with E-state index in [1.165, 1.54) is 6.42 Å². The molecule has 1 fully saturated rings. The number of nitrogens with zero attached hydrogens (tertiary/aromatic N) is 4. The Morgan fingerprint density at radius 3 is 2.45 bits per heavy atom. The first-order valence-electron chi connectivity index (χ1n) is 11.4. The van der Waals surface area contributed by atoms with Crippen LogP contribution < -0.4 is 0 Å². The summed E-state index contributed by atoms with van der Waals surface area (Å²) in [5, 5.41) is 18.3. The molecule has 0 amide bonds. The summed E-state index contributed by atoms with van der Waals surface area (Å²) in [5.41, 5.74) is 5.85. The summed E-state index contributed by atoms with van der Waals surface area (Å²) in [6.45, 7) is 6.03. The third-order valence-electron chi connectivity index (χ3n) is 6.43. The first-order chi connectivity index (χ1) is 15.9. The molecule has 0 radical (unpaired) electrons. The molecule has 1 saturated heterocycles. The van der Waals surface area contributed by atoms with E-state index in [4.69, 9.17) is 15.4 Å². The number of hydrogen-bond acceptors (Lipinski definition) is 5. The Hall–Kier alpha value is -3.50. The van der Waals surface area contributed by atoms with E-state index in [-0.39, 0.29) is 12.2 Å². The lowest BCUT2D eigenvalue weighted by atomic mass is 10.0. The molecule has 3 aromatic rings. The molecule has 1 aromatic carbocycles. The van der Waals surface area contributed by atoms with Gasteiger partial charge in [-0.15, -0.1) is 0 Å². The van der Waals surface area contributed by atoms with E-state index in [2.05, 4.69) is 11.0 Å². The summed E-state index contributed by atoms with van der Waals surface area (Å²) in [7, 11) is 0. The second-order valence-corrected chi connectivity index (χ2v) is 8.71. The monoisotopic (exact) mass is 444 g/mol. The summed E-state index contributed by atoms with van der Waals surface area (Å²) < 4.78 is 2.00. The number of aromatic nitrogens is 2. The minimum absolute atomic E-state index is 0.0192. The molecule has 0 bridgehead atoms. The van der Waals surface area contributed by atoms with Crippen molar-refractivity contribution in [3.05, 3.63) is 58.4 Å². The van der Waals surface area contributed by atoms with Gasteiger partial charge in [0.1, 0.15) is 0 Å². The summed E-state index contributed by atoms with van der Waals surface area (Å²) in [4.78, 5) is 31.6. The van der Waals surface area contributed by atoms with Gasteiger partial charge in [-0.25, -0.2) is 0 Å². The normalized spacial score (nSPS) is 14.3. The highest BCUT2D eigenvalue weighted by Gasteiger charge is 2.25. The van der Waals surface area contributed by atoms with Gasteiger partial charge in [-0.2, -0.15) is 5.26 Å². The van der Waals surface area contributed by atoms with Crippen LogP contribution in [0.1, 0.15) is 58.6 Å². The van der Waals surface area contributed by atoms with Gasteiger partial charge in [0.05, 0.1) is 34.8 Å². The van der Waals surface area contributed by atoms with Crippen LogP contribution >= 0.6 is 0 Å². The fraction of sp³-hybridized carbons (Fsp3) is 0.385. The zero-order valence-electron chi connectivity index (χ0n) is 19.1. The Morgan fingerprint density at radius 1 is 1.12 bits per heavy atom. The molecule has 0 unspecified atom stereocenters. The van der Waals surface area contributed by atoms with Gasteiger partial charge in [0.15, 0.2) is 5.78 Å². The first kappa shape index (κ1) is 22.7. The van der Waals surface area contributed by atoms with Crippen molar-refractivity contribution in [1.29, 1.82) is 5.26 Å². The van der Waals surface area contributed by atoms with Crippen molar-refractivity contribution >= 4 is 22.8 Å². The average Bonchev–Trinajstić information content (AvgIpc) is 3.08. The van der Waals surface area contributed by atoms with Gasteiger partial charge in [-0.3, -0.25) is 19.5 Å². The van der Waals surface area contributed by atoms with Gasteiger partial charge in [0.2, 0.25) is 0 Å². The summed E-state index contributed by atoms with van der Waals surface area (Å²) in [6.07, 6.45) is 3.83. The predicted octanol–water partition coefficient (Wildman–Crippen LogP) is 4.20. The number of nitriles is 1. The Kier molecular flexibility index (Phi) is 6.57. The lowest BCUT2D eigenvalue weighted by molar-refractivity contribution is -0.136. The molecular formula is C26H28N4O3. The maximum Gasteiger partial charge on any atom is 0.303 e. The fourth-order valence-electron chi connectivity index (χ4n) is 4.70. The van der Waals surface area contributed by atoms with Crippen LogP contribution in [0.5, 0.6) is 0 Å². The van der Waals surface area contributed by atoms with E-state index in [1.54, 1.807) is 12.1 Å². The van der Waals surface area contributed by atoms with Crippen LogP contribution in [0, 0.1) is 25.2 Å². The number of carbonyl (C=O) groups is 2. The van der Waals surface area contributed by atoms with Crippen molar-refractivity contribution in [2.24, 2.45) is 0 Å². The molecule has 0 atom stereocenters. The van der Waals surface area contributed by atoms with E-state index in [9.17, 15) is 9.59 Å². The fourth-order valence-corrected chi connectivity index (χ4v) is 4.70. The Labute approximate surface area is 193 Å². The molecule has 2 aromatic heterocycles. The van der Waals surface area contributed by atoms with Crippen LogP contribution in [0.25, 0.3) is 16.7 Å². The van der Waals surface area contributed by atoms with Crippen LogP contribution in [0.4, 0.5) is 0 Å². The van der Waals surface area contributed by atoms with Crippen LogP contribution in [-0.2, 0) is 11.2 Å². The minimum atomic E-state index is -0.856. The summed E-state index contributed by atoms with van der Waals surface area (Å²) in [5.74, 6) is -0.803. The van der Waals surface area contributed by atoms with Crippen LogP contribution in [0.15, 0.2) is 30.3 Å². The van der Waals surface area contributed by atoms with Gasteiger partial charge in [0.25, 0.3) is 0 Å². The number of Topliss-reactive ketones (excluding diaryl/α,β-unsaturated/α-hetero) is 1. The Bertz CT molecular complexity index is 1250. The zero-order chi connectivity index (χ0) is 23.5. The van der Waals surface area contributed by atoms with E-state index < -0.39 is 5.97 Å². The molecule has 7 heteroatoms. The minimum Gasteiger partial charge on any atom is -0.481 e. The number of carboxylic acids is 1. The van der Waals surface area contributed by atoms with Crippen LogP contribution in [0.2, 0.25) is 0 Å². The highest BCUT2D eigenvalue weighted by molar-refractivity contribution is 6.09. The van der Waals surface area contributed by atoms with E-state index in [0.717, 1.165) is 54.1 Å². The Morgan fingerprint density at radius 2 is 1.82 bits per heavy atom. The second kappa shape index (κ2) is 9.55. The largest absolute Gasteiger partial charge is 0.481 e. The predicted molar refractivity (Wildman–Crippen MR) is 126 cm³/mol. The van der Waals surface area contributed by atoms with Crippen molar-refractivity contribution in [1.82, 2.24) is 14.5 Å². The lowest BCUT2D eigenvalue weighted by Gasteiger charge is -2.25.